The van der Waals surface area contributed by atoms with Crippen molar-refractivity contribution in [3.8, 4) is 11.3 Å². The molecule has 0 fully saturated rings. The molecule has 0 saturated heterocycles. The molecular weight excluding hydrogens is 450 g/mol. The first-order valence-electron chi connectivity index (χ1n) is 11.5. The second kappa shape index (κ2) is 9.82. The summed E-state index contributed by atoms with van der Waals surface area (Å²) in [6.07, 6.45) is 2.10. The fraction of sp³-hybridized carbons (Fsp3) is 0.296. The largest absolute Gasteiger partial charge is 0.478 e. The summed E-state index contributed by atoms with van der Waals surface area (Å²) in [6.45, 7) is 8.36. The molecule has 8 heteroatoms. The molecule has 0 unspecified atom stereocenters. The molecule has 0 bridgehead atoms. The van der Waals surface area contributed by atoms with E-state index in [2.05, 4.69) is 15.3 Å². The van der Waals surface area contributed by atoms with Crippen molar-refractivity contribution >= 4 is 22.7 Å². The minimum absolute atomic E-state index is 0.0224. The Morgan fingerprint density at radius 2 is 1.89 bits per heavy atom. The number of anilines is 1. The highest BCUT2D eigenvalue weighted by Crippen LogP contribution is 2.27. The number of carbonyl (C=O) groups is 1. The number of rotatable bonds is 8. The van der Waals surface area contributed by atoms with Gasteiger partial charge >= 0.3 is 5.97 Å². The highest BCUT2D eigenvalue weighted by atomic mass is 19.1. The van der Waals surface area contributed by atoms with E-state index in [1.165, 1.54) is 19.3 Å². The molecule has 35 heavy (non-hydrogen) atoms. The molecule has 4 rings (SSSR count). The van der Waals surface area contributed by atoms with Gasteiger partial charge in [-0.25, -0.2) is 23.5 Å². The molecule has 0 aliphatic carbocycles. The van der Waals surface area contributed by atoms with Gasteiger partial charge in [0.2, 0.25) is 0 Å². The van der Waals surface area contributed by atoms with E-state index in [0.717, 1.165) is 16.8 Å². The summed E-state index contributed by atoms with van der Waals surface area (Å²) >= 11 is 0. The maximum atomic E-state index is 14.5. The SMILES string of the molecule is Cc1c(F)cc2c(cc(C)n2CCNc2cc(-c3ccc(C(=O)O)c(CC(C)C)c3)ncn2)c1F. The van der Waals surface area contributed by atoms with Crippen LogP contribution in [0.3, 0.4) is 0 Å². The van der Waals surface area contributed by atoms with Gasteiger partial charge in [-0.1, -0.05) is 19.9 Å². The first kappa shape index (κ1) is 24.3. The zero-order chi connectivity index (χ0) is 25.3. The Hall–Kier alpha value is -3.81. The zero-order valence-corrected chi connectivity index (χ0v) is 20.2. The summed E-state index contributed by atoms with van der Waals surface area (Å²) in [4.78, 5) is 20.2. The Morgan fingerprint density at radius 1 is 1.11 bits per heavy atom. The number of halogens is 2. The summed E-state index contributed by atoms with van der Waals surface area (Å²) < 4.78 is 30.5. The van der Waals surface area contributed by atoms with E-state index >= 15 is 0 Å². The number of aromatic nitrogens is 3. The summed E-state index contributed by atoms with van der Waals surface area (Å²) in [6, 6.07) is 10.1. The van der Waals surface area contributed by atoms with E-state index < -0.39 is 17.6 Å². The molecule has 2 N–H and O–H groups in total. The van der Waals surface area contributed by atoms with Crippen molar-refractivity contribution in [1.82, 2.24) is 14.5 Å². The van der Waals surface area contributed by atoms with E-state index in [0.29, 0.717) is 53.4 Å². The monoisotopic (exact) mass is 478 g/mol. The van der Waals surface area contributed by atoms with Crippen LogP contribution in [0.15, 0.2) is 42.7 Å². The number of hydrogen-bond donors (Lipinski definition) is 2. The van der Waals surface area contributed by atoms with Gasteiger partial charge in [-0.3, -0.25) is 0 Å². The van der Waals surface area contributed by atoms with Crippen LogP contribution in [0, 0.1) is 31.4 Å². The minimum atomic E-state index is -0.944. The van der Waals surface area contributed by atoms with Gasteiger partial charge in [0.25, 0.3) is 0 Å². The molecule has 0 saturated carbocycles. The Labute approximate surface area is 202 Å². The van der Waals surface area contributed by atoms with Crippen LogP contribution in [0.2, 0.25) is 0 Å². The Balaban J connectivity index is 1.53. The van der Waals surface area contributed by atoms with Crippen LogP contribution >= 0.6 is 0 Å². The molecule has 0 amide bonds. The summed E-state index contributed by atoms with van der Waals surface area (Å²) in [5.41, 5.74) is 3.93. The zero-order valence-electron chi connectivity index (χ0n) is 20.2. The molecule has 0 aliphatic rings. The fourth-order valence-corrected chi connectivity index (χ4v) is 4.34. The maximum absolute atomic E-state index is 14.5. The predicted molar refractivity (Wildman–Crippen MR) is 133 cm³/mol. The van der Waals surface area contributed by atoms with Gasteiger partial charge in [0, 0.05) is 41.4 Å². The Kier molecular flexibility index (Phi) is 6.82. The Morgan fingerprint density at radius 3 is 2.60 bits per heavy atom. The topological polar surface area (TPSA) is 80.0 Å². The van der Waals surface area contributed by atoms with E-state index in [-0.39, 0.29) is 5.56 Å². The lowest BCUT2D eigenvalue weighted by molar-refractivity contribution is 0.0695. The lowest BCUT2D eigenvalue weighted by Gasteiger charge is -2.13. The van der Waals surface area contributed by atoms with Crippen LogP contribution in [0.1, 0.15) is 41.0 Å². The summed E-state index contributed by atoms with van der Waals surface area (Å²) in [5, 5.41) is 13.2. The third kappa shape index (κ3) is 5.01. The number of carboxylic acid groups (broad SMARTS) is 1. The summed E-state index contributed by atoms with van der Waals surface area (Å²) in [5.74, 6) is -1.12. The van der Waals surface area contributed by atoms with Crippen LogP contribution in [0.25, 0.3) is 22.2 Å². The highest BCUT2D eigenvalue weighted by molar-refractivity contribution is 5.90. The molecule has 6 nitrogen and oxygen atoms in total. The van der Waals surface area contributed by atoms with Crippen molar-refractivity contribution in [2.45, 2.75) is 40.7 Å². The van der Waals surface area contributed by atoms with Crippen molar-refractivity contribution in [1.29, 1.82) is 0 Å². The molecule has 0 radical (unpaired) electrons. The number of aryl methyl sites for hydroxylation is 1. The van der Waals surface area contributed by atoms with Crippen LogP contribution < -0.4 is 5.32 Å². The van der Waals surface area contributed by atoms with E-state index in [9.17, 15) is 18.7 Å². The molecule has 182 valence electrons. The lowest BCUT2D eigenvalue weighted by Crippen LogP contribution is -2.12. The highest BCUT2D eigenvalue weighted by Gasteiger charge is 2.16. The molecule has 2 aromatic carbocycles. The van der Waals surface area contributed by atoms with E-state index in [1.807, 2.05) is 31.4 Å². The second-order valence-electron chi connectivity index (χ2n) is 9.16. The molecular formula is C27H28F2N4O2. The second-order valence-corrected chi connectivity index (χ2v) is 9.16. The molecule has 0 spiro atoms. The molecule has 0 aliphatic heterocycles. The van der Waals surface area contributed by atoms with Crippen molar-refractivity contribution in [2.24, 2.45) is 5.92 Å². The number of nitrogens with one attached hydrogen (secondary N) is 1. The maximum Gasteiger partial charge on any atom is 0.335 e. The normalized spacial score (nSPS) is 11.4. The number of benzene rings is 2. The van der Waals surface area contributed by atoms with Crippen LogP contribution in [-0.2, 0) is 13.0 Å². The third-order valence-corrected chi connectivity index (χ3v) is 6.10. The van der Waals surface area contributed by atoms with Gasteiger partial charge in [0.05, 0.1) is 16.8 Å². The molecule has 4 aromatic rings. The van der Waals surface area contributed by atoms with Crippen molar-refractivity contribution in [3.63, 3.8) is 0 Å². The quantitative estimate of drug-likeness (QED) is 0.325. The molecule has 0 atom stereocenters. The van der Waals surface area contributed by atoms with Crippen LogP contribution in [0.4, 0.5) is 14.6 Å². The minimum Gasteiger partial charge on any atom is -0.478 e. The average Bonchev–Trinajstić information content (AvgIpc) is 3.12. The molecule has 2 aromatic heterocycles. The molecule has 2 heterocycles. The number of hydrogen-bond acceptors (Lipinski definition) is 4. The van der Waals surface area contributed by atoms with Gasteiger partial charge < -0.3 is 15.0 Å². The number of nitrogens with zero attached hydrogens (tertiary/aromatic N) is 3. The van der Waals surface area contributed by atoms with Crippen molar-refractivity contribution in [3.05, 3.63) is 76.7 Å². The third-order valence-electron chi connectivity index (χ3n) is 6.10. The van der Waals surface area contributed by atoms with Gasteiger partial charge in [-0.15, -0.1) is 0 Å². The summed E-state index contributed by atoms with van der Waals surface area (Å²) in [7, 11) is 0. The first-order valence-corrected chi connectivity index (χ1v) is 11.5. The Bertz CT molecular complexity index is 1410. The van der Waals surface area contributed by atoms with Gasteiger partial charge in [0.1, 0.15) is 23.8 Å². The van der Waals surface area contributed by atoms with E-state index in [1.54, 1.807) is 24.3 Å². The van der Waals surface area contributed by atoms with E-state index in [4.69, 9.17) is 0 Å². The number of carboxylic acids is 1. The lowest BCUT2D eigenvalue weighted by atomic mass is 9.95. The van der Waals surface area contributed by atoms with Crippen molar-refractivity contribution < 1.29 is 18.7 Å². The number of aromatic carboxylic acids is 1. The van der Waals surface area contributed by atoms with Crippen LogP contribution in [-0.4, -0.2) is 32.2 Å². The number of fused-ring (bicyclic) bond motifs is 1. The fourth-order valence-electron chi connectivity index (χ4n) is 4.34. The standard InChI is InChI=1S/C27H28F2N4O2/c1-15(2)9-19-11-18(5-6-20(19)27(34)35)23-13-25(32-14-31-23)30-7-8-33-16(3)10-21-24(33)12-22(28)17(4)26(21)29/h5-6,10-15H,7-9H2,1-4H3,(H,34,35)(H,30,31,32). The van der Waals surface area contributed by atoms with Crippen LogP contribution in [0.5, 0.6) is 0 Å². The van der Waals surface area contributed by atoms with Crippen molar-refractivity contribution in [2.75, 3.05) is 11.9 Å². The van der Waals surface area contributed by atoms with Gasteiger partial charge in [0.15, 0.2) is 0 Å². The average molecular weight is 479 g/mol. The van der Waals surface area contributed by atoms with Gasteiger partial charge in [-0.05, 0) is 56.0 Å². The predicted octanol–water partition coefficient (Wildman–Crippen LogP) is 6.00. The first-order chi connectivity index (χ1) is 16.7. The smallest absolute Gasteiger partial charge is 0.335 e. The van der Waals surface area contributed by atoms with Gasteiger partial charge in [-0.2, -0.15) is 0 Å².